The van der Waals surface area contributed by atoms with E-state index in [0.29, 0.717) is 16.9 Å². The van der Waals surface area contributed by atoms with Crippen molar-refractivity contribution in [3.63, 3.8) is 0 Å². The number of nitrogens with one attached hydrogen (secondary N) is 2. The number of aromatic nitrogens is 2. The van der Waals surface area contributed by atoms with Crippen LogP contribution in [0.25, 0.3) is 22.0 Å². The number of anilines is 1. The van der Waals surface area contributed by atoms with E-state index in [1.807, 2.05) is 42.5 Å². The van der Waals surface area contributed by atoms with Crippen molar-refractivity contribution in [2.45, 2.75) is 6.42 Å². The number of nitrogens with zero attached hydrogens (tertiary/aromatic N) is 4. The van der Waals surface area contributed by atoms with Gasteiger partial charge in [0.25, 0.3) is 5.91 Å². The largest absolute Gasteiger partial charge is 0.322 e. The van der Waals surface area contributed by atoms with E-state index in [1.54, 1.807) is 36.8 Å². The van der Waals surface area contributed by atoms with E-state index in [1.165, 1.54) is 11.1 Å². The maximum atomic E-state index is 12.9. The van der Waals surface area contributed by atoms with E-state index in [2.05, 4.69) is 66.1 Å². The summed E-state index contributed by atoms with van der Waals surface area (Å²) in [6, 6.07) is 25.2. The number of amides is 1. The van der Waals surface area contributed by atoms with Crippen molar-refractivity contribution in [1.29, 1.82) is 5.53 Å². The Kier molecular flexibility index (Phi) is 6.88. The predicted octanol–water partition coefficient (Wildman–Crippen LogP) is 6.93. The fourth-order valence-electron chi connectivity index (χ4n) is 4.06. The van der Waals surface area contributed by atoms with E-state index >= 15 is 0 Å². The molecule has 0 radical (unpaired) electrons. The zero-order chi connectivity index (χ0) is 24.9. The van der Waals surface area contributed by atoms with Crippen LogP contribution in [0.5, 0.6) is 0 Å². The minimum atomic E-state index is -0.228. The molecular weight excluding hydrogens is 563 g/mol. The summed E-state index contributed by atoms with van der Waals surface area (Å²) in [5.74, 6) is -0.228. The first-order chi connectivity index (χ1) is 17.6. The van der Waals surface area contributed by atoms with Crippen molar-refractivity contribution >= 4 is 50.8 Å². The summed E-state index contributed by atoms with van der Waals surface area (Å²) < 4.78 is 0.744. The Morgan fingerprint density at radius 1 is 0.944 bits per heavy atom. The van der Waals surface area contributed by atoms with E-state index in [4.69, 9.17) is 5.53 Å². The van der Waals surface area contributed by atoms with Gasteiger partial charge >= 0.3 is 0 Å². The van der Waals surface area contributed by atoms with E-state index in [9.17, 15) is 4.79 Å². The summed E-state index contributed by atoms with van der Waals surface area (Å²) in [4.78, 5) is 24.8. The van der Waals surface area contributed by atoms with E-state index in [0.717, 1.165) is 32.0 Å². The van der Waals surface area contributed by atoms with Crippen LogP contribution in [0, 0.1) is 9.10 Å². The van der Waals surface area contributed by atoms with Gasteiger partial charge < -0.3 is 5.32 Å². The van der Waals surface area contributed by atoms with Crippen LogP contribution in [0.15, 0.2) is 103 Å². The lowest BCUT2D eigenvalue weighted by molar-refractivity contribution is 0.102. The molecule has 0 spiro atoms. The van der Waals surface area contributed by atoms with E-state index < -0.39 is 0 Å². The molecule has 5 aromatic rings. The Bertz CT molecular complexity index is 1630. The van der Waals surface area contributed by atoms with Gasteiger partial charge in [0.15, 0.2) is 10.8 Å². The van der Waals surface area contributed by atoms with Gasteiger partial charge in [0.2, 0.25) is 4.91 Å². The topological polar surface area (TPSA) is 105 Å². The van der Waals surface area contributed by atoms with Crippen LogP contribution in [0.1, 0.15) is 21.5 Å². The van der Waals surface area contributed by atoms with Crippen molar-refractivity contribution in [2.24, 2.45) is 5.11 Å². The van der Waals surface area contributed by atoms with Crippen LogP contribution in [0.4, 0.5) is 11.4 Å². The second-order valence-corrected chi connectivity index (χ2v) is 9.31. The van der Waals surface area contributed by atoms with Crippen LogP contribution in [0.2, 0.25) is 0 Å². The van der Waals surface area contributed by atoms with Crippen molar-refractivity contribution in [1.82, 2.24) is 14.9 Å². The maximum absolute atomic E-state index is 12.9. The Hall–Kier alpha value is -4.27. The second-order valence-electron chi connectivity index (χ2n) is 8.15. The quantitative estimate of drug-likeness (QED) is 0.129. The predicted molar refractivity (Wildman–Crippen MR) is 148 cm³/mol. The monoisotopic (exact) mass is 583 g/mol. The number of hydrogen-bond donors (Lipinski definition) is 2. The van der Waals surface area contributed by atoms with Crippen LogP contribution in [-0.4, -0.2) is 15.9 Å². The average molecular weight is 583 g/mol. The third-order valence-corrected chi connectivity index (χ3v) is 6.59. The number of halogens is 1. The highest BCUT2D eigenvalue weighted by Gasteiger charge is 2.13. The average Bonchev–Trinajstić information content (AvgIpc) is 2.90. The molecular formula is C28H20IN6O+. The highest BCUT2D eigenvalue weighted by molar-refractivity contribution is 14.1. The number of hydrogen-bond acceptors (Lipinski definition) is 5. The number of carbonyl (C=O) groups is 1. The lowest BCUT2D eigenvalue weighted by Crippen LogP contribution is -2.12. The molecule has 3 aromatic carbocycles. The fraction of sp³-hybridized carbons (Fsp3) is 0.0357. The molecule has 2 aromatic heterocycles. The summed E-state index contributed by atoms with van der Waals surface area (Å²) in [6.45, 7) is 0. The number of carbonyl (C=O) groups excluding carboxylic acids is 1. The maximum Gasteiger partial charge on any atom is 0.255 e. The van der Waals surface area contributed by atoms with Crippen molar-refractivity contribution in [3.05, 3.63) is 118 Å². The van der Waals surface area contributed by atoms with Gasteiger partial charge in [0, 0.05) is 44.4 Å². The van der Waals surface area contributed by atoms with Gasteiger partial charge in [-0.05, 0) is 106 Å². The summed E-state index contributed by atoms with van der Waals surface area (Å²) in [5, 5.41) is 7.79. The molecule has 2 N–H and O–H groups in total. The van der Waals surface area contributed by atoms with Crippen molar-refractivity contribution < 1.29 is 4.79 Å². The van der Waals surface area contributed by atoms with Crippen LogP contribution >= 0.6 is 22.6 Å². The molecule has 174 valence electrons. The SMILES string of the molecule is N=[N+]=Nc1ccc(C(=O)Nc2cccc(-c3cc(Cc4ccncc4)cc4cccnc34)c2)cc1I. The number of rotatable bonds is 6. The minimum Gasteiger partial charge on any atom is -0.322 e. The number of benzene rings is 3. The van der Waals surface area contributed by atoms with Gasteiger partial charge in [-0.3, -0.25) is 14.8 Å². The highest BCUT2D eigenvalue weighted by atomic mass is 127. The van der Waals surface area contributed by atoms with Crippen molar-refractivity contribution in [2.75, 3.05) is 5.32 Å². The second kappa shape index (κ2) is 10.6. The number of pyridine rings is 2. The smallest absolute Gasteiger partial charge is 0.255 e. The molecule has 0 saturated heterocycles. The summed E-state index contributed by atoms with van der Waals surface area (Å²) in [7, 11) is 0. The van der Waals surface area contributed by atoms with Gasteiger partial charge in [-0.25, -0.2) is 0 Å². The lowest BCUT2D eigenvalue weighted by atomic mass is 9.96. The first-order valence-electron chi connectivity index (χ1n) is 11.2. The molecule has 0 fully saturated rings. The third-order valence-electron chi connectivity index (χ3n) is 5.72. The first kappa shape index (κ1) is 23.5. The molecule has 0 bridgehead atoms. The molecule has 1 amide bonds. The normalized spacial score (nSPS) is 10.6. The van der Waals surface area contributed by atoms with Gasteiger partial charge in [0.05, 0.1) is 5.52 Å². The Labute approximate surface area is 221 Å². The van der Waals surface area contributed by atoms with Gasteiger partial charge in [-0.2, -0.15) is 0 Å². The molecule has 2 heterocycles. The van der Waals surface area contributed by atoms with Crippen LogP contribution in [-0.2, 0) is 6.42 Å². The molecule has 0 atom stereocenters. The minimum absolute atomic E-state index is 0.228. The molecule has 36 heavy (non-hydrogen) atoms. The molecule has 0 unspecified atom stereocenters. The van der Waals surface area contributed by atoms with E-state index in [-0.39, 0.29) is 5.91 Å². The molecule has 8 heteroatoms. The molecule has 0 aliphatic rings. The molecule has 5 rings (SSSR count). The molecule has 0 aliphatic heterocycles. The molecule has 0 saturated carbocycles. The van der Waals surface area contributed by atoms with Crippen molar-refractivity contribution in [3.8, 4) is 11.1 Å². The zero-order valence-corrected chi connectivity index (χ0v) is 21.2. The Morgan fingerprint density at radius 2 is 1.81 bits per heavy atom. The zero-order valence-electron chi connectivity index (χ0n) is 19.0. The highest BCUT2D eigenvalue weighted by Crippen LogP contribution is 2.31. The Morgan fingerprint density at radius 3 is 2.61 bits per heavy atom. The van der Waals surface area contributed by atoms with Crippen LogP contribution < -0.4 is 10.2 Å². The lowest BCUT2D eigenvalue weighted by Gasteiger charge is -2.12. The molecule has 7 nitrogen and oxygen atoms in total. The van der Waals surface area contributed by atoms with Crippen LogP contribution in [0.3, 0.4) is 0 Å². The number of fused-ring (bicyclic) bond motifs is 1. The Balaban J connectivity index is 1.47. The first-order valence-corrected chi connectivity index (χ1v) is 12.2. The third kappa shape index (κ3) is 5.19. The summed E-state index contributed by atoms with van der Waals surface area (Å²) in [5.41, 5.74) is 13.9. The standard InChI is InChI=1S/C28H19IN6O/c29-25-17-22(6-7-26(25)34-35-30)28(36)33-23-5-1-3-20(16-23)24-15-19(13-18-8-11-31-12-9-18)14-21-4-2-10-32-27(21)24/h1-12,14-17,30H,13H2/p+1. The van der Waals surface area contributed by atoms with Gasteiger partial charge in [-0.1, -0.05) is 18.2 Å². The molecule has 0 aliphatic carbocycles. The summed E-state index contributed by atoms with van der Waals surface area (Å²) in [6.07, 6.45) is 6.19. The fourth-order valence-corrected chi connectivity index (χ4v) is 4.69. The summed E-state index contributed by atoms with van der Waals surface area (Å²) >= 11 is 2.08. The van der Waals surface area contributed by atoms with Gasteiger partial charge in [0.1, 0.15) is 5.53 Å². The van der Waals surface area contributed by atoms with Gasteiger partial charge in [-0.15, -0.1) is 0 Å².